The van der Waals surface area contributed by atoms with Crippen LogP contribution in [0.15, 0.2) is 66.9 Å². The highest BCUT2D eigenvalue weighted by Crippen LogP contribution is 2.22. The van der Waals surface area contributed by atoms with Gasteiger partial charge in [-0.1, -0.05) is 30.3 Å². The van der Waals surface area contributed by atoms with Gasteiger partial charge in [-0.25, -0.2) is 4.98 Å². The highest BCUT2D eigenvalue weighted by atomic mass is 16.1. The van der Waals surface area contributed by atoms with Crippen LogP contribution in [0.3, 0.4) is 0 Å². The van der Waals surface area contributed by atoms with Crippen molar-refractivity contribution in [3.8, 4) is 5.69 Å². The van der Waals surface area contributed by atoms with E-state index in [-0.39, 0.29) is 5.91 Å². The molecule has 0 aliphatic rings. The van der Waals surface area contributed by atoms with E-state index in [1.165, 1.54) is 0 Å². The summed E-state index contributed by atoms with van der Waals surface area (Å²) in [7, 11) is 1.80. The Kier molecular flexibility index (Phi) is 4.23. The summed E-state index contributed by atoms with van der Waals surface area (Å²) in [6, 6.07) is 19.9. The number of aryl methyl sites for hydroxylation is 2. The molecule has 0 unspecified atom stereocenters. The maximum Gasteiger partial charge on any atom is 0.225 e. The molecular weight excluding hydrogens is 326 g/mol. The van der Waals surface area contributed by atoms with Crippen molar-refractivity contribution in [2.45, 2.75) is 12.8 Å². The van der Waals surface area contributed by atoms with Crippen molar-refractivity contribution in [1.29, 1.82) is 0 Å². The third-order valence-corrected chi connectivity index (χ3v) is 4.31. The maximum absolute atomic E-state index is 12.3. The highest BCUT2D eigenvalue weighted by Gasteiger charge is 2.14. The molecule has 130 valence electrons. The van der Waals surface area contributed by atoms with E-state index in [1.807, 2.05) is 48.5 Å². The van der Waals surface area contributed by atoms with Gasteiger partial charge >= 0.3 is 0 Å². The first kappa shape index (κ1) is 16.1. The fourth-order valence-electron chi connectivity index (χ4n) is 3.04. The molecule has 6 heteroatoms. The summed E-state index contributed by atoms with van der Waals surface area (Å²) in [5.74, 6) is 1.50. The molecule has 0 saturated carbocycles. The van der Waals surface area contributed by atoms with E-state index in [4.69, 9.17) is 4.98 Å². The Morgan fingerprint density at radius 2 is 1.81 bits per heavy atom. The van der Waals surface area contributed by atoms with Gasteiger partial charge in [-0.2, -0.15) is 5.10 Å². The average Bonchev–Trinajstić information content (AvgIpc) is 3.24. The van der Waals surface area contributed by atoms with E-state index in [2.05, 4.69) is 21.0 Å². The predicted molar refractivity (Wildman–Crippen MR) is 101 cm³/mol. The number of hydrogen-bond acceptors (Lipinski definition) is 3. The molecule has 1 N–H and O–H groups in total. The van der Waals surface area contributed by atoms with Gasteiger partial charge in [0.15, 0.2) is 0 Å². The van der Waals surface area contributed by atoms with Crippen LogP contribution in [0.25, 0.3) is 16.7 Å². The molecule has 1 amide bonds. The summed E-state index contributed by atoms with van der Waals surface area (Å²) in [5.41, 5.74) is 3.02. The zero-order valence-electron chi connectivity index (χ0n) is 14.5. The largest absolute Gasteiger partial charge is 0.311 e. The van der Waals surface area contributed by atoms with Crippen LogP contribution in [-0.2, 0) is 18.3 Å². The molecular formula is C20H19N5O. The number of imidazole rings is 1. The lowest BCUT2D eigenvalue weighted by molar-refractivity contribution is -0.116. The first-order chi connectivity index (χ1) is 12.7. The van der Waals surface area contributed by atoms with Crippen molar-refractivity contribution in [3.63, 3.8) is 0 Å². The second kappa shape index (κ2) is 6.84. The van der Waals surface area contributed by atoms with Crippen molar-refractivity contribution < 1.29 is 4.79 Å². The van der Waals surface area contributed by atoms with Crippen molar-refractivity contribution in [2.75, 3.05) is 5.32 Å². The minimum Gasteiger partial charge on any atom is -0.311 e. The van der Waals surface area contributed by atoms with Gasteiger partial charge in [0.05, 0.1) is 17.2 Å². The topological polar surface area (TPSA) is 64.7 Å². The summed E-state index contributed by atoms with van der Waals surface area (Å²) < 4.78 is 3.75. The number of benzene rings is 2. The normalized spacial score (nSPS) is 11.0. The Morgan fingerprint density at radius 3 is 2.58 bits per heavy atom. The van der Waals surface area contributed by atoms with Crippen molar-refractivity contribution in [1.82, 2.24) is 19.3 Å². The van der Waals surface area contributed by atoms with Crippen LogP contribution in [0.2, 0.25) is 0 Å². The molecule has 0 bridgehead atoms. The average molecular weight is 345 g/mol. The molecule has 4 aromatic rings. The van der Waals surface area contributed by atoms with E-state index in [0.717, 1.165) is 22.5 Å². The molecule has 6 nitrogen and oxygen atoms in total. The number of carbonyl (C=O) groups is 1. The molecule has 0 aliphatic carbocycles. The number of nitrogens with one attached hydrogen (secondary N) is 1. The lowest BCUT2D eigenvalue weighted by Gasteiger charge is -2.09. The molecule has 0 saturated heterocycles. The minimum atomic E-state index is -0.0553. The van der Waals surface area contributed by atoms with Gasteiger partial charge in [0.1, 0.15) is 11.6 Å². The van der Waals surface area contributed by atoms with Gasteiger partial charge in [0, 0.05) is 31.6 Å². The monoisotopic (exact) mass is 345 g/mol. The van der Waals surface area contributed by atoms with Crippen molar-refractivity contribution in [2.24, 2.45) is 7.05 Å². The SMILES string of the molecule is Cn1nccc1NC(=O)CCc1nc2ccccc2n1-c1ccccc1. The van der Waals surface area contributed by atoms with Gasteiger partial charge in [-0.15, -0.1) is 0 Å². The van der Waals surface area contributed by atoms with Crippen LogP contribution in [0.1, 0.15) is 12.2 Å². The molecule has 2 heterocycles. The molecule has 0 fully saturated rings. The molecule has 2 aromatic heterocycles. The van der Waals surface area contributed by atoms with Gasteiger partial charge in [-0.05, 0) is 24.3 Å². The molecule has 26 heavy (non-hydrogen) atoms. The lowest BCUT2D eigenvalue weighted by atomic mass is 10.2. The zero-order chi connectivity index (χ0) is 17.9. The van der Waals surface area contributed by atoms with Crippen LogP contribution in [0, 0.1) is 0 Å². The lowest BCUT2D eigenvalue weighted by Crippen LogP contribution is -2.16. The predicted octanol–water partition coefficient (Wildman–Crippen LogP) is 3.33. The number of nitrogens with zero attached hydrogens (tertiary/aromatic N) is 4. The van der Waals surface area contributed by atoms with Crippen molar-refractivity contribution in [3.05, 3.63) is 72.7 Å². The van der Waals surface area contributed by atoms with E-state index < -0.39 is 0 Å². The van der Waals surface area contributed by atoms with Gasteiger partial charge in [-0.3, -0.25) is 14.0 Å². The first-order valence-electron chi connectivity index (χ1n) is 8.52. The highest BCUT2D eigenvalue weighted by molar-refractivity contribution is 5.90. The van der Waals surface area contributed by atoms with E-state index in [0.29, 0.717) is 18.7 Å². The number of amides is 1. The van der Waals surface area contributed by atoms with Crippen LogP contribution < -0.4 is 5.32 Å². The number of fused-ring (bicyclic) bond motifs is 1. The zero-order valence-corrected chi connectivity index (χ0v) is 14.5. The number of carbonyl (C=O) groups excluding carboxylic acids is 1. The molecule has 2 aromatic carbocycles. The third-order valence-electron chi connectivity index (χ3n) is 4.31. The second-order valence-electron chi connectivity index (χ2n) is 6.08. The fourth-order valence-corrected chi connectivity index (χ4v) is 3.04. The minimum absolute atomic E-state index is 0.0553. The molecule has 0 spiro atoms. The second-order valence-corrected chi connectivity index (χ2v) is 6.08. The summed E-state index contributed by atoms with van der Waals surface area (Å²) in [4.78, 5) is 17.1. The summed E-state index contributed by atoms with van der Waals surface area (Å²) in [6.45, 7) is 0. The number of anilines is 1. The summed E-state index contributed by atoms with van der Waals surface area (Å²) in [5, 5.41) is 6.93. The van der Waals surface area contributed by atoms with Gasteiger partial charge in [0.25, 0.3) is 0 Å². The Hall–Kier alpha value is -3.41. The van der Waals surface area contributed by atoms with Crippen molar-refractivity contribution >= 4 is 22.8 Å². The maximum atomic E-state index is 12.3. The number of hydrogen-bond donors (Lipinski definition) is 1. The van der Waals surface area contributed by atoms with Crippen LogP contribution in [0.4, 0.5) is 5.82 Å². The summed E-state index contributed by atoms with van der Waals surface area (Å²) >= 11 is 0. The Bertz CT molecular complexity index is 1050. The third kappa shape index (κ3) is 3.09. The number of rotatable bonds is 5. The van der Waals surface area contributed by atoms with E-state index in [9.17, 15) is 4.79 Å². The fraction of sp³-hybridized carbons (Fsp3) is 0.150. The van der Waals surface area contributed by atoms with Crippen LogP contribution in [-0.4, -0.2) is 25.2 Å². The van der Waals surface area contributed by atoms with E-state index >= 15 is 0 Å². The molecule has 4 rings (SSSR count). The Morgan fingerprint density at radius 1 is 1.04 bits per heavy atom. The quantitative estimate of drug-likeness (QED) is 0.603. The molecule has 0 atom stereocenters. The first-order valence-corrected chi connectivity index (χ1v) is 8.52. The Labute approximate surface area is 151 Å². The number of aromatic nitrogens is 4. The van der Waals surface area contributed by atoms with Crippen LogP contribution >= 0.6 is 0 Å². The molecule has 0 aliphatic heterocycles. The van der Waals surface area contributed by atoms with Crippen LogP contribution in [0.5, 0.6) is 0 Å². The Balaban J connectivity index is 1.60. The van der Waals surface area contributed by atoms with Gasteiger partial charge in [0.2, 0.25) is 5.91 Å². The summed E-state index contributed by atoms with van der Waals surface area (Å²) in [6.07, 6.45) is 2.55. The van der Waals surface area contributed by atoms with E-state index in [1.54, 1.807) is 24.0 Å². The number of para-hydroxylation sites is 3. The standard InChI is InChI=1S/C20H19N5O/c1-24-18(13-14-21-24)23-20(26)12-11-19-22-16-9-5-6-10-17(16)25(19)15-7-3-2-4-8-15/h2-10,13-14H,11-12H2,1H3,(H,23,26). The molecule has 0 radical (unpaired) electrons. The van der Waals surface area contributed by atoms with Gasteiger partial charge < -0.3 is 5.32 Å². The smallest absolute Gasteiger partial charge is 0.225 e.